The summed E-state index contributed by atoms with van der Waals surface area (Å²) < 4.78 is 14.6. The number of aliphatic hydroxyl groups excluding tert-OH is 1. The van der Waals surface area contributed by atoms with Crippen LogP contribution < -0.4 is 5.32 Å². The number of aryl methyl sites for hydroxylation is 1. The van der Waals surface area contributed by atoms with E-state index in [2.05, 4.69) is 10.4 Å². The fraction of sp³-hybridized carbons (Fsp3) is 0.292. The van der Waals surface area contributed by atoms with Crippen LogP contribution >= 0.6 is 0 Å². The van der Waals surface area contributed by atoms with E-state index < -0.39 is 0 Å². The average Bonchev–Trinajstić information content (AvgIpc) is 3.18. The minimum Gasteiger partial charge on any atom is -0.393 e. The van der Waals surface area contributed by atoms with Crippen LogP contribution in [0.1, 0.15) is 28.9 Å². The van der Waals surface area contributed by atoms with Gasteiger partial charge in [-0.05, 0) is 60.9 Å². The summed E-state index contributed by atoms with van der Waals surface area (Å²) in [5.41, 5.74) is 3.14. The molecule has 0 aliphatic carbocycles. The number of rotatable bonds is 5. The van der Waals surface area contributed by atoms with Crippen LogP contribution in [0.15, 0.2) is 54.6 Å². The predicted molar refractivity (Wildman–Crippen MR) is 119 cm³/mol. The number of hydrogen-bond acceptors (Lipinski definition) is 4. The number of carbonyl (C=O) groups is 2. The summed E-state index contributed by atoms with van der Waals surface area (Å²) in [4.78, 5) is 26.9. The third-order valence-corrected chi connectivity index (χ3v) is 5.64. The number of benzene rings is 2. The zero-order valence-electron chi connectivity index (χ0n) is 17.8. The number of amides is 2. The van der Waals surface area contributed by atoms with Gasteiger partial charge >= 0.3 is 0 Å². The van der Waals surface area contributed by atoms with Crippen molar-refractivity contribution in [1.29, 1.82) is 0 Å². The van der Waals surface area contributed by atoms with Crippen molar-refractivity contribution in [2.75, 3.05) is 18.4 Å². The van der Waals surface area contributed by atoms with E-state index in [0.29, 0.717) is 43.0 Å². The molecule has 1 saturated heterocycles. The normalized spacial score (nSPS) is 14.4. The second kappa shape index (κ2) is 9.32. The van der Waals surface area contributed by atoms with Gasteiger partial charge in [0.15, 0.2) is 0 Å². The molecule has 0 unspecified atom stereocenters. The first-order valence-electron chi connectivity index (χ1n) is 10.5. The number of hydrogen-bond donors (Lipinski definition) is 2. The standard InChI is InChI=1S/C24H25FN4O3/c1-28-22(15-21(27-28)17-4-6-18(25)7-5-17)24(32)26-19-8-2-16(3-9-19)14-23(31)29-12-10-20(30)11-13-29/h2-9,15,20,30H,10-14H2,1H3,(H,26,32). The highest BCUT2D eigenvalue weighted by Gasteiger charge is 2.21. The molecular formula is C24H25FN4O3. The molecule has 0 saturated carbocycles. The Kier molecular flexibility index (Phi) is 6.32. The summed E-state index contributed by atoms with van der Waals surface area (Å²) in [5, 5.41) is 16.8. The van der Waals surface area contributed by atoms with Crippen LogP contribution in [-0.2, 0) is 18.3 Å². The van der Waals surface area contributed by atoms with Gasteiger partial charge in [-0.2, -0.15) is 5.10 Å². The molecule has 0 radical (unpaired) electrons. The van der Waals surface area contributed by atoms with Gasteiger partial charge in [-0.25, -0.2) is 4.39 Å². The Hall–Kier alpha value is -3.52. The Morgan fingerprint density at radius 2 is 1.75 bits per heavy atom. The van der Waals surface area contributed by atoms with Crippen LogP contribution in [-0.4, -0.2) is 50.8 Å². The molecule has 8 heteroatoms. The minimum absolute atomic E-state index is 0.0388. The van der Waals surface area contributed by atoms with Gasteiger partial charge in [-0.3, -0.25) is 14.3 Å². The number of carbonyl (C=O) groups excluding carboxylic acids is 2. The predicted octanol–water partition coefficient (Wildman–Crippen LogP) is 3.00. The molecule has 1 aliphatic heterocycles. The lowest BCUT2D eigenvalue weighted by Gasteiger charge is -2.29. The van der Waals surface area contributed by atoms with Crippen LogP contribution in [0.4, 0.5) is 10.1 Å². The lowest BCUT2D eigenvalue weighted by atomic mass is 10.1. The Bertz CT molecular complexity index is 1100. The van der Waals surface area contributed by atoms with Crippen LogP contribution in [0.3, 0.4) is 0 Å². The third kappa shape index (κ3) is 5.03. The first-order chi connectivity index (χ1) is 15.4. The lowest BCUT2D eigenvalue weighted by Crippen LogP contribution is -2.40. The van der Waals surface area contributed by atoms with Crippen LogP contribution in [0.25, 0.3) is 11.3 Å². The molecule has 2 aromatic carbocycles. The fourth-order valence-electron chi connectivity index (χ4n) is 3.74. The quantitative estimate of drug-likeness (QED) is 0.644. The summed E-state index contributed by atoms with van der Waals surface area (Å²) in [6.45, 7) is 1.16. The lowest BCUT2D eigenvalue weighted by molar-refractivity contribution is -0.132. The van der Waals surface area contributed by atoms with E-state index in [0.717, 1.165) is 11.1 Å². The van der Waals surface area contributed by atoms with Crippen LogP contribution in [0, 0.1) is 5.82 Å². The summed E-state index contributed by atoms with van der Waals surface area (Å²) in [5.74, 6) is -0.608. The average molecular weight is 436 g/mol. The zero-order valence-corrected chi connectivity index (χ0v) is 17.8. The van der Waals surface area contributed by atoms with Gasteiger partial charge in [0.05, 0.1) is 18.2 Å². The second-order valence-corrected chi connectivity index (χ2v) is 7.99. The number of aliphatic hydroxyl groups is 1. The number of likely N-dealkylation sites (tertiary alicyclic amines) is 1. The number of nitrogens with one attached hydrogen (secondary N) is 1. The molecule has 1 aliphatic rings. The molecule has 0 spiro atoms. The zero-order chi connectivity index (χ0) is 22.7. The molecule has 32 heavy (non-hydrogen) atoms. The number of aromatic nitrogens is 2. The van der Waals surface area contributed by atoms with Crippen molar-refractivity contribution in [1.82, 2.24) is 14.7 Å². The maximum absolute atomic E-state index is 13.1. The van der Waals surface area contributed by atoms with E-state index in [1.807, 2.05) is 12.1 Å². The monoisotopic (exact) mass is 436 g/mol. The van der Waals surface area contributed by atoms with Gasteiger partial charge in [-0.15, -0.1) is 0 Å². The van der Waals surface area contributed by atoms with E-state index in [1.54, 1.807) is 42.3 Å². The molecule has 0 atom stereocenters. The fourth-order valence-corrected chi connectivity index (χ4v) is 3.74. The molecule has 2 amide bonds. The smallest absolute Gasteiger partial charge is 0.273 e. The SMILES string of the molecule is Cn1nc(-c2ccc(F)cc2)cc1C(=O)Nc1ccc(CC(=O)N2CCC(O)CC2)cc1. The molecular weight excluding hydrogens is 411 g/mol. The van der Waals surface area contributed by atoms with Crippen LogP contribution in [0.2, 0.25) is 0 Å². The molecule has 4 rings (SSSR count). The van der Waals surface area contributed by atoms with E-state index in [4.69, 9.17) is 0 Å². The summed E-state index contributed by atoms with van der Waals surface area (Å²) >= 11 is 0. The molecule has 0 bridgehead atoms. The number of nitrogens with zero attached hydrogens (tertiary/aromatic N) is 3. The summed E-state index contributed by atoms with van der Waals surface area (Å²) in [6, 6.07) is 14.8. The third-order valence-electron chi connectivity index (χ3n) is 5.64. The minimum atomic E-state index is -0.331. The number of anilines is 1. The van der Waals surface area contributed by atoms with Gasteiger partial charge in [0.1, 0.15) is 11.5 Å². The number of piperidine rings is 1. The van der Waals surface area contributed by atoms with Gasteiger partial charge < -0.3 is 15.3 Å². The van der Waals surface area contributed by atoms with Crippen molar-refractivity contribution in [3.63, 3.8) is 0 Å². The first-order valence-corrected chi connectivity index (χ1v) is 10.5. The molecule has 2 heterocycles. The Morgan fingerprint density at radius 1 is 1.09 bits per heavy atom. The Morgan fingerprint density at radius 3 is 2.41 bits per heavy atom. The van der Waals surface area contributed by atoms with Crippen molar-refractivity contribution >= 4 is 17.5 Å². The van der Waals surface area contributed by atoms with E-state index in [-0.39, 0.29) is 30.2 Å². The maximum atomic E-state index is 13.1. The highest BCUT2D eigenvalue weighted by molar-refractivity contribution is 6.03. The topological polar surface area (TPSA) is 87.5 Å². The van der Waals surface area contributed by atoms with E-state index >= 15 is 0 Å². The summed E-state index contributed by atoms with van der Waals surface area (Å²) in [7, 11) is 1.68. The van der Waals surface area contributed by atoms with Crippen molar-refractivity contribution < 1.29 is 19.1 Å². The molecule has 1 aromatic heterocycles. The van der Waals surface area contributed by atoms with E-state index in [9.17, 15) is 19.1 Å². The maximum Gasteiger partial charge on any atom is 0.273 e. The Balaban J connectivity index is 1.38. The van der Waals surface area contributed by atoms with Gasteiger partial charge in [-0.1, -0.05) is 12.1 Å². The Labute approximate surface area is 185 Å². The second-order valence-electron chi connectivity index (χ2n) is 7.99. The van der Waals surface area contributed by atoms with Crippen molar-refractivity contribution in [3.05, 3.63) is 71.7 Å². The molecule has 7 nitrogen and oxygen atoms in total. The van der Waals surface area contributed by atoms with Gasteiger partial charge in [0, 0.05) is 31.4 Å². The van der Waals surface area contributed by atoms with E-state index in [1.165, 1.54) is 16.8 Å². The van der Waals surface area contributed by atoms with Gasteiger partial charge in [0.2, 0.25) is 5.91 Å². The first kappa shape index (κ1) is 21.7. The molecule has 166 valence electrons. The van der Waals surface area contributed by atoms with Crippen molar-refractivity contribution in [2.24, 2.45) is 7.05 Å². The van der Waals surface area contributed by atoms with Crippen molar-refractivity contribution in [2.45, 2.75) is 25.4 Å². The largest absolute Gasteiger partial charge is 0.393 e. The van der Waals surface area contributed by atoms with Crippen LogP contribution in [0.5, 0.6) is 0 Å². The molecule has 3 aromatic rings. The highest BCUT2D eigenvalue weighted by atomic mass is 19.1. The highest BCUT2D eigenvalue weighted by Crippen LogP contribution is 2.20. The van der Waals surface area contributed by atoms with Crippen molar-refractivity contribution in [3.8, 4) is 11.3 Å². The molecule has 1 fully saturated rings. The molecule has 2 N–H and O–H groups in total. The van der Waals surface area contributed by atoms with Gasteiger partial charge in [0.25, 0.3) is 5.91 Å². The number of halogens is 1. The summed E-state index contributed by atoms with van der Waals surface area (Å²) in [6.07, 6.45) is 1.21.